The Morgan fingerprint density at radius 1 is 1.44 bits per heavy atom. The number of carbonyl (C=O) groups is 1. The van der Waals surface area contributed by atoms with E-state index in [-0.39, 0.29) is 6.04 Å². The number of pyridine rings is 1. The molecule has 0 aromatic carbocycles. The molecule has 0 spiro atoms. The molecule has 1 saturated heterocycles. The lowest BCUT2D eigenvalue weighted by Crippen LogP contribution is -2.44. The fourth-order valence-electron chi connectivity index (χ4n) is 4.44. The Labute approximate surface area is 149 Å². The van der Waals surface area contributed by atoms with Crippen LogP contribution in [0.4, 0.5) is 4.79 Å². The summed E-state index contributed by atoms with van der Waals surface area (Å²) < 4.78 is 0. The summed E-state index contributed by atoms with van der Waals surface area (Å²) in [5.41, 5.74) is 0.422. The van der Waals surface area contributed by atoms with Crippen molar-refractivity contribution >= 4 is 6.09 Å². The zero-order valence-corrected chi connectivity index (χ0v) is 14.8. The van der Waals surface area contributed by atoms with Gasteiger partial charge >= 0.3 is 6.09 Å². The summed E-state index contributed by atoms with van der Waals surface area (Å²) in [5, 5.41) is 19.1. The maximum absolute atomic E-state index is 11.3. The molecular formula is C19H26N4O2. The van der Waals surface area contributed by atoms with E-state index in [1.807, 2.05) is 25.1 Å². The van der Waals surface area contributed by atoms with E-state index in [2.05, 4.69) is 16.0 Å². The summed E-state index contributed by atoms with van der Waals surface area (Å²) in [5.74, 6) is 0. The van der Waals surface area contributed by atoms with Crippen LogP contribution < -0.4 is 0 Å². The van der Waals surface area contributed by atoms with Crippen molar-refractivity contribution in [2.24, 2.45) is 0 Å². The highest BCUT2D eigenvalue weighted by atomic mass is 16.4. The lowest BCUT2D eigenvalue weighted by molar-refractivity contribution is 0.118. The fourth-order valence-corrected chi connectivity index (χ4v) is 4.44. The first kappa shape index (κ1) is 17.7. The average Bonchev–Trinajstić information content (AvgIpc) is 3.12. The minimum Gasteiger partial charge on any atom is -0.465 e. The average molecular weight is 342 g/mol. The van der Waals surface area contributed by atoms with Gasteiger partial charge in [-0.25, -0.2) is 4.79 Å². The maximum atomic E-state index is 11.3. The molecule has 6 nitrogen and oxygen atoms in total. The van der Waals surface area contributed by atoms with Crippen LogP contribution in [-0.2, 0) is 5.41 Å². The van der Waals surface area contributed by atoms with Crippen LogP contribution in [0, 0.1) is 11.3 Å². The number of carboxylic acid groups (broad SMARTS) is 1. The minimum absolute atomic E-state index is 0.0981. The molecular weight excluding hydrogens is 316 g/mol. The Hall–Kier alpha value is -2.13. The van der Waals surface area contributed by atoms with Crippen molar-refractivity contribution in [2.75, 3.05) is 19.6 Å². The van der Waals surface area contributed by atoms with Crippen LogP contribution in [0.3, 0.4) is 0 Å². The van der Waals surface area contributed by atoms with Gasteiger partial charge in [-0.15, -0.1) is 0 Å². The summed E-state index contributed by atoms with van der Waals surface area (Å²) in [4.78, 5) is 19.7. The summed E-state index contributed by atoms with van der Waals surface area (Å²) in [6, 6.07) is 8.86. The third kappa shape index (κ3) is 3.47. The summed E-state index contributed by atoms with van der Waals surface area (Å²) in [7, 11) is 0. The van der Waals surface area contributed by atoms with Gasteiger partial charge in [0.15, 0.2) is 0 Å². The van der Waals surface area contributed by atoms with E-state index in [0.29, 0.717) is 12.6 Å². The number of nitrogens with zero attached hydrogens (tertiary/aromatic N) is 4. The van der Waals surface area contributed by atoms with Gasteiger partial charge in [-0.05, 0) is 51.2 Å². The predicted octanol–water partition coefficient (Wildman–Crippen LogP) is 2.86. The molecule has 1 N–H and O–H groups in total. The molecule has 1 aliphatic carbocycles. The molecule has 1 aliphatic heterocycles. The highest BCUT2D eigenvalue weighted by Crippen LogP contribution is 2.40. The Balaban J connectivity index is 1.62. The van der Waals surface area contributed by atoms with Crippen molar-refractivity contribution < 1.29 is 9.90 Å². The Morgan fingerprint density at radius 3 is 2.76 bits per heavy atom. The van der Waals surface area contributed by atoms with E-state index in [1.165, 1.54) is 0 Å². The zero-order valence-electron chi connectivity index (χ0n) is 14.8. The molecule has 134 valence electrons. The van der Waals surface area contributed by atoms with Gasteiger partial charge in [-0.1, -0.05) is 6.07 Å². The predicted molar refractivity (Wildman–Crippen MR) is 94.2 cm³/mol. The Kier molecular flexibility index (Phi) is 5.24. The quantitative estimate of drug-likeness (QED) is 0.910. The molecule has 1 aromatic rings. The SMILES string of the molecule is CCN(C(=O)O)[C@@H]1CCN(C2CCC(C#N)(c3ccccn3)CC2)C1. The van der Waals surface area contributed by atoms with Crippen molar-refractivity contribution in [3.63, 3.8) is 0 Å². The normalized spacial score (nSPS) is 29.9. The van der Waals surface area contributed by atoms with Gasteiger partial charge in [0, 0.05) is 37.9 Å². The van der Waals surface area contributed by atoms with Gasteiger partial charge in [-0.2, -0.15) is 5.26 Å². The number of aromatic nitrogens is 1. The van der Waals surface area contributed by atoms with Crippen LogP contribution in [0.2, 0.25) is 0 Å². The standard InChI is InChI=1S/C19H26N4O2/c1-2-23(18(24)25)16-8-12-22(13-16)15-6-9-19(14-20,10-7-15)17-5-3-4-11-21-17/h3-5,11,15-16H,2,6-10,12-13H2,1H3,(H,24,25)/t15?,16-,19?/m1/s1. The van der Waals surface area contributed by atoms with Crippen molar-refractivity contribution in [3.05, 3.63) is 30.1 Å². The first-order valence-corrected chi connectivity index (χ1v) is 9.16. The number of likely N-dealkylation sites (tertiary alicyclic amines) is 1. The molecule has 0 unspecified atom stereocenters. The maximum Gasteiger partial charge on any atom is 0.407 e. The van der Waals surface area contributed by atoms with Crippen LogP contribution in [0.15, 0.2) is 24.4 Å². The van der Waals surface area contributed by atoms with E-state index >= 15 is 0 Å². The lowest BCUT2D eigenvalue weighted by Gasteiger charge is -2.38. The number of rotatable bonds is 4. The molecule has 0 radical (unpaired) electrons. The van der Waals surface area contributed by atoms with Crippen molar-refractivity contribution in [2.45, 2.75) is 56.5 Å². The molecule has 1 saturated carbocycles. The third-order valence-corrected chi connectivity index (χ3v) is 5.92. The van der Waals surface area contributed by atoms with Gasteiger partial charge in [0.25, 0.3) is 0 Å². The van der Waals surface area contributed by atoms with Gasteiger partial charge in [0.1, 0.15) is 0 Å². The first-order valence-electron chi connectivity index (χ1n) is 9.16. The number of nitriles is 1. The molecule has 0 bridgehead atoms. The van der Waals surface area contributed by atoms with Gasteiger partial charge in [0.05, 0.1) is 17.2 Å². The van der Waals surface area contributed by atoms with Gasteiger partial charge in [-0.3, -0.25) is 9.88 Å². The molecule has 2 aliphatic rings. The second-order valence-corrected chi connectivity index (χ2v) is 7.15. The number of likely N-dealkylation sites (N-methyl/N-ethyl adjacent to an activating group) is 1. The van der Waals surface area contributed by atoms with Crippen LogP contribution in [0.25, 0.3) is 0 Å². The summed E-state index contributed by atoms with van der Waals surface area (Å²) >= 11 is 0. The van der Waals surface area contributed by atoms with Crippen LogP contribution in [0.5, 0.6) is 0 Å². The minimum atomic E-state index is -0.823. The van der Waals surface area contributed by atoms with E-state index in [9.17, 15) is 15.2 Å². The summed E-state index contributed by atoms with van der Waals surface area (Å²) in [6.45, 7) is 4.19. The van der Waals surface area contributed by atoms with Crippen molar-refractivity contribution in [1.29, 1.82) is 5.26 Å². The molecule has 25 heavy (non-hydrogen) atoms. The smallest absolute Gasteiger partial charge is 0.407 e. The molecule has 3 rings (SSSR count). The van der Waals surface area contributed by atoms with Gasteiger partial charge < -0.3 is 10.0 Å². The largest absolute Gasteiger partial charge is 0.465 e. The fraction of sp³-hybridized carbons (Fsp3) is 0.632. The van der Waals surface area contributed by atoms with Crippen LogP contribution >= 0.6 is 0 Å². The van der Waals surface area contributed by atoms with E-state index in [0.717, 1.165) is 50.9 Å². The highest BCUT2D eigenvalue weighted by molar-refractivity contribution is 5.65. The topological polar surface area (TPSA) is 80.5 Å². The molecule has 1 amide bonds. The number of amides is 1. The van der Waals surface area contributed by atoms with E-state index in [4.69, 9.17) is 0 Å². The number of hydrogen-bond donors (Lipinski definition) is 1. The highest BCUT2D eigenvalue weighted by Gasteiger charge is 2.41. The molecule has 2 fully saturated rings. The second kappa shape index (κ2) is 7.40. The molecule has 1 aromatic heterocycles. The zero-order chi connectivity index (χ0) is 17.9. The molecule has 2 heterocycles. The third-order valence-electron chi connectivity index (χ3n) is 5.92. The Bertz CT molecular complexity index is 635. The monoisotopic (exact) mass is 342 g/mol. The van der Waals surface area contributed by atoms with Crippen LogP contribution in [0.1, 0.15) is 44.7 Å². The summed E-state index contributed by atoms with van der Waals surface area (Å²) in [6.07, 6.45) is 5.42. The molecule has 1 atom stereocenters. The van der Waals surface area contributed by atoms with Crippen LogP contribution in [-0.4, -0.2) is 57.7 Å². The van der Waals surface area contributed by atoms with Crippen molar-refractivity contribution in [1.82, 2.24) is 14.8 Å². The van der Waals surface area contributed by atoms with Crippen molar-refractivity contribution in [3.8, 4) is 6.07 Å². The van der Waals surface area contributed by atoms with E-state index in [1.54, 1.807) is 11.1 Å². The van der Waals surface area contributed by atoms with E-state index < -0.39 is 11.5 Å². The lowest BCUT2D eigenvalue weighted by atomic mass is 9.71. The number of hydrogen-bond acceptors (Lipinski definition) is 4. The first-order chi connectivity index (χ1) is 12.1. The molecule has 6 heteroatoms. The van der Waals surface area contributed by atoms with Gasteiger partial charge in [0.2, 0.25) is 0 Å². The second-order valence-electron chi connectivity index (χ2n) is 7.15. The Morgan fingerprint density at radius 2 is 2.20 bits per heavy atom.